The molecule has 0 atom stereocenters. The van der Waals surface area contributed by atoms with E-state index >= 15 is 0 Å². The highest BCUT2D eigenvalue weighted by atomic mass is 32.2. The summed E-state index contributed by atoms with van der Waals surface area (Å²) >= 11 is 6.15. The quantitative estimate of drug-likeness (QED) is 0.598. The van der Waals surface area contributed by atoms with E-state index < -0.39 is 17.6 Å². The van der Waals surface area contributed by atoms with Gasteiger partial charge in [0.05, 0.1) is 16.2 Å². The summed E-state index contributed by atoms with van der Waals surface area (Å²) < 4.78 is 38.8. The number of thiocarbonyl (C=S) groups is 1. The SMILES string of the molecule is O=C1/C(=C/c2cccc(O)c2)SC(=S)N1c1cccc(C(F)(F)F)c1. The number of phenolic OH excluding ortho intramolecular Hbond substituents is 1. The molecule has 0 unspecified atom stereocenters. The van der Waals surface area contributed by atoms with Crippen LogP contribution in [0.5, 0.6) is 5.75 Å². The zero-order valence-corrected chi connectivity index (χ0v) is 14.1. The number of nitrogens with zero attached hydrogens (tertiary/aromatic N) is 1. The van der Waals surface area contributed by atoms with Crippen molar-refractivity contribution in [1.29, 1.82) is 0 Å². The Labute approximate surface area is 150 Å². The third-order valence-electron chi connectivity index (χ3n) is 3.39. The predicted octanol–water partition coefficient (Wildman–Crippen LogP) is 4.82. The minimum Gasteiger partial charge on any atom is -0.508 e. The van der Waals surface area contributed by atoms with Crippen LogP contribution in [0, 0.1) is 0 Å². The normalized spacial score (nSPS) is 16.8. The highest BCUT2D eigenvalue weighted by molar-refractivity contribution is 8.27. The van der Waals surface area contributed by atoms with Gasteiger partial charge >= 0.3 is 6.18 Å². The van der Waals surface area contributed by atoms with Crippen molar-refractivity contribution in [2.75, 3.05) is 4.90 Å². The molecule has 1 amide bonds. The Morgan fingerprint density at radius 2 is 1.84 bits per heavy atom. The van der Waals surface area contributed by atoms with Crippen molar-refractivity contribution in [3.05, 3.63) is 64.6 Å². The Kier molecular flexibility index (Phi) is 4.57. The van der Waals surface area contributed by atoms with Gasteiger partial charge in [-0.25, -0.2) is 0 Å². The molecule has 0 saturated carbocycles. The number of rotatable bonds is 2. The lowest BCUT2D eigenvalue weighted by Gasteiger charge is -2.16. The summed E-state index contributed by atoms with van der Waals surface area (Å²) in [6.07, 6.45) is -2.97. The fourth-order valence-electron chi connectivity index (χ4n) is 2.28. The number of phenols is 1. The van der Waals surface area contributed by atoms with Crippen LogP contribution in [0.25, 0.3) is 6.08 Å². The number of anilines is 1. The number of hydrogen-bond acceptors (Lipinski definition) is 4. The van der Waals surface area contributed by atoms with Gasteiger partial charge in [0.1, 0.15) is 5.75 Å². The second-order valence-electron chi connectivity index (χ2n) is 5.16. The molecule has 25 heavy (non-hydrogen) atoms. The number of halogens is 3. The minimum atomic E-state index is -4.51. The van der Waals surface area contributed by atoms with Crippen LogP contribution in [-0.2, 0) is 11.0 Å². The van der Waals surface area contributed by atoms with Crippen molar-refractivity contribution in [3.8, 4) is 5.75 Å². The van der Waals surface area contributed by atoms with Gasteiger partial charge < -0.3 is 5.11 Å². The van der Waals surface area contributed by atoms with Crippen molar-refractivity contribution >= 4 is 46.0 Å². The molecule has 0 aromatic heterocycles. The molecule has 2 aromatic carbocycles. The number of alkyl halides is 3. The first-order valence-corrected chi connectivity index (χ1v) is 8.22. The average Bonchev–Trinajstić information content (AvgIpc) is 2.81. The maximum absolute atomic E-state index is 12.9. The van der Waals surface area contributed by atoms with Gasteiger partial charge in [0.2, 0.25) is 0 Å². The first-order valence-electron chi connectivity index (χ1n) is 7.00. The number of carbonyl (C=O) groups excluding carboxylic acids is 1. The summed E-state index contributed by atoms with van der Waals surface area (Å²) in [5.74, 6) is -0.459. The van der Waals surface area contributed by atoms with E-state index in [-0.39, 0.29) is 20.7 Å². The number of aromatic hydroxyl groups is 1. The molecule has 8 heteroatoms. The van der Waals surface area contributed by atoms with E-state index in [1.807, 2.05) is 0 Å². The van der Waals surface area contributed by atoms with Crippen LogP contribution in [0.2, 0.25) is 0 Å². The molecule has 128 valence electrons. The lowest BCUT2D eigenvalue weighted by molar-refractivity contribution is -0.137. The highest BCUT2D eigenvalue weighted by Gasteiger charge is 2.36. The van der Waals surface area contributed by atoms with Gasteiger partial charge in [-0.2, -0.15) is 13.2 Å². The lowest BCUT2D eigenvalue weighted by atomic mass is 10.1. The van der Waals surface area contributed by atoms with Crippen molar-refractivity contribution in [1.82, 2.24) is 0 Å². The maximum Gasteiger partial charge on any atom is 0.416 e. The van der Waals surface area contributed by atoms with Crippen LogP contribution in [0.1, 0.15) is 11.1 Å². The topological polar surface area (TPSA) is 40.5 Å². The molecular weight excluding hydrogens is 371 g/mol. The van der Waals surface area contributed by atoms with Crippen LogP contribution in [0.4, 0.5) is 18.9 Å². The van der Waals surface area contributed by atoms with E-state index in [2.05, 4.69) is 0 Å². The first-order chi connectivity index (χ1) is 11.8. The van der Waals surface area contributed by atoms with Crippen molar-refractivity contribution < 1.29 is 23.1 Å². The van der Waals surface area contributed by atoms with Gasteiger partial charge in [-0.1, -0.05) is 42.2 Å². The van der Waals surface area contributed by atoms with Gasteiger partial charge in [-0.05, 0) is 42.0 Å². The number of thioether (sulfide) groups is 1. The molecule has 0 bridgehead atoms. The first kappa shape index (κ1) is 17.5. The largest absolute Gasteiger partial charge is 0.508 e. The summed E-state index contributed by atoms with van der Waals surface area (Å²) in [6.45, 7) is 0. The van der Waals surface area contributed by atoms with Gasteiger partial charge in [-0.15, -0.1) is 0 Å². The fraction of sp³-hybridized carbons (Fsp3) is 0.0588. The summed E-state index contributed by atoms with van der Waals surface area (Å²) in [7, 11) is 0. The van der Waals surface area contributed by atoms with Crippen LogP contribution in [-0.4, -0.2) is 15.3 Å². The second kappa shape index (κ2) is 6.53. The van der Waals surface area contributed by atoms with E-state index in [9.17, 15) is 23.1 Å². The molecule has 2 aromatic rings. The molecule has 1 saturated heterocycles. The summed E-state index contributed by atoms with van der Waals surface area (Å²) in [5.41, 5.74) is -0.197. The minimum absolute atomic E-state index is 0.0436. The molecule has 3 rings (SSSR count). The fourth-order valence-corrected chi connectivity index (χ4v) is 3.58. The molecule has 1 fully saturated rings. The van der Waals surface area contributed by atoms with Crippen molar-refractivity contribution in [2.24, 2.45) is 0 Å². The van der Waals surface area contributed by atoms with Crippen molar-refractivity contribution in [3.63, 3.8) is 0 Å². The Bertz CT molecular complexity index is 893. The lowest BCUT2D eigenvalue weighted by Crippen LogP contribution is -2.27. The number of hydrogen-bond donors (Lipinski definition) is 1. The maximum atomic E-state index is 12.9. The Morgan fingerprint density at radius 3 is 2.52 bits per heavy atom. The van der Waals surface area contributed by atoms with Gasteiger partial charge in [-0.3, -0.25) is 9.69 Å². The van der Waals surface area contributed by atoms with Crippen LogP contribution < -0.4 is 4.90 Å². The second-order valence-corrected chi connectivity index (χ2v) is 6.84. The summed E-state index contributed by atoms with van der Waals surface area (Å²) in [5, 5.41) is 9.48. The Morgan fingerprint density at radius 1 is 1.12 bits per heavy atom. The third-order valence-corrected chi connectivity index (χ3v) is 4.70. The van der Waals surface area contributed by atoms with Gasteiger partial charge in [0.15, 0.2) is 4.32 Å². The molecule has 1 heterocycles. The summed E-state index contributed by atoms with van der Waals surface area (Å²) in [6, 6.07) is 10.7. The van der Waals surface area contributed by atoms with Gasteiger partial charge in [0.25, 0.3) is 5.91 Å². The van der Waals surface area contributed by atoms with E-state index in [4.69, 9.17) is 12.2 Å². The van der Waals surface area contributed by atoms with E-state index in [1.54, 1.807) is 12.1 Å². The van der Waals surface area contributed by atoms with Crippen LogP contribution in [0.3, 0.4) is 0 Å². The molecule has 0 aliphatic carbocycles. The zero-order chi connectivity index (χ0) is 18.2. The van der Waals surface area contributed by atoms with Crippen LogP contribution >= 0.6 is 24.0 Å². The number of amides is 1. The van der Waals surface area contributed by atoms with E-state index in [1.165, 1.54) is 30.3 Å². The third kappa shape index (κ3) is 3.69. The number of benzene rings is 2. The molecule has 1 aliphatic rings. The predicted molar refractivity (Wildman–Crippen MR) is 95.2 cm³/mol. The molecular formula is C17H10F3NO2S2. The van der Waals surface area contributed by atoms with Gasteiger partial charge in [0, 0.05) is 0 Å². The average molecular weight is 381 g/mol. The number of carbonyl (C=O) groups is 1. The highest BCUT2D eigenvalue weighted by Crippen LogP contribution is 2.38. The molecule has 0 spiro atoms. The standard InChI is InChI=1S/C17H10F3NO2S2/c18-17(19,20)11-4-2-5-12(9-11)21-15(23)14(25-16(21)24)8-10-3-1-6-13(22)7-10/h1-9,22H/b14-8-. The zero-order valence-electron chi connectivity index (χ0n) is 12.4. The molecule has 3 nitrogen and oxygen atoms in total. The van der Waals surface area contributed by atoms with Crippen molar-refractivity contribution in [2.45, 2.75) is 6.18 Å². The Balaban J connectivity index is 1.95. The summed E-state index contributed by atoms with van der Waals surface area (Å²) in [4.78, 5) is 13.9. The van der Waals surface area contributed by atoms with E-state index in [0.29, 0.717) is 5.56 Å². The smallest absolute Gasteiger partial charge is 0.416 e. The molecule has 1 N–H and O–H groups in total. The molecule has 1 aliphatic heterocycles. The molecule has 0 radical (unpaired) electrons. The van der Waals surface area contributed by atoms with E-state index in [0.717, 1.165) is 28.8 Å². The van der Waals surface area contributed by atoms with Crippen LogP contribution in [0.15, 0.2) is 53.4 Å². The Hall–Kier alpha value is -2.32. The monoisotopic (exact) mass is 381 g/mol.